The van der Waals surface area contributed by atoms with E-state index in [0.717, 1.165) is 35.3 Å². The van der Waals surface area contributed by atoms with Crippen LogP contribution in [-0.4, -0.2) is 11.0 Å². The smallest absolute Gasteiger partial charge is 0.124 e. The lowest BCUT2D eigenvalue weighted by Crippen LogP contribution is -2.22. The molecular weight excluding hydrogens is 284 g/mol. The quantitative estimate of drug-likeness (QED) is 0.880. The third kappa shape index (κ3) is 4.45. The highest BCUT2D eigenvalue weighted by molar-refractivity contribution is 6.31. The molecule has 2 N–H and O–H groups in total. The lowest BCUT2D eigenvalue weighted by molar-refractivity contribution is 0.301. The van der Waals surface area contributed by atoms with Gasteiger partial charge in [-0.15, -0.1) is 0 Å². The van der Waals surface area contributed by atoms with E-state index < -0.39 is 0 Å². The summed E-state index contributed by atoms with van der Waals surface area (Å²) in [5.41, 5.74) is 9.19. The molecule has 0 bridgehead atoms. The van der Waals surface area contributed by atoms with E-state index in [1.165, 1.54) is 0 Å². The normalized spacial score (nSPS) is 12.2. The highest BCUT2D eigenvalue weighted by Crippen LogP contribution is 2.28. The fourth-order valence-corrected chi connectivity index (χ4v) is 2.38. The number of benzene rings is 1. The van der Waals surface area contributed by atoms with E-state index in [1.54, 1.807) is 0 Å². The van der Waals surface area contributed by atoms with E-state index in [9.17, 15) is 0 Å². The molecular formula is C17H21ClN2O. The van der Waals surface area contributed by atoms with E-state index in [0.29, 0.717) is 11.6 Å². The lowest BCUT2D eigenvalue weighted by Gasteiger charge is -2.16. The third-order valence-corrected chi connectivity index (χ3v) is 3.75. The Labute approximate surface area is 131 Å². The Bertz CT molecular complexity index is 601. The summed E-state index contributed by atoms with van der Waals surface area (Å²) in [6.07, 6.45) is 5.27. The van der Waals surface area contributed by atoms with Gasteiger partial charge >= 0.3 is 0 Å². The van der Waals surface area contributed by atoms with Crippen molar-refractivity contribution in [1.82, 2.24) is 4.98 Å². The summed E-state index contributed by atoms with van der Waals surface area (Å²) in [4.78, 5) is 4.17. The molecule has 0 spiro atoms. The number of aromatic nitrogens is 1. The number of nitrogens with zero attached hydrogens (tertiary/aromatic N) is 1. The first-order chi connectivity index (χ1) is 10.1. The van der Waals surface area contributed by atoms with E-state index in [4.69, 9.17) is 22.1 Å². The number of rotatable bonds is 6. The molecule has 0 aliphatic rings. The summed E-state index contributed by atoms with van der Waals surface area (Å²) in [6, 6.07) is 7.86. The summed E-state index contributed by atoms with van der Waals surface area (Å²) >= 11 is 6.29. The monoisotopic (exact) mass is 304 g/mol. The Morgan fingerprint density at radius 3 is 2.86 bits per heavy atom. The molecule has 4 heteroatoms. The van der Waals surface area contributed by atoms with Crippen molar-refractivity contribution >= 4 is 11.6 Å². The van der Waals surface area contributed by atoms with E-state index in [2.05, 4.69) is 18.0 Å². The Morgan fingerprint density at radius 2 is 2.14 bits per heavy atom. The summed E-state index contributed by atoms with van der Waals surface area (Å²) in [6.45, 7) is 4.56. The van der Waals surface area contributed by atoms with Gasteiger partial charge in [-0.3, -0.25) is 4.98 Å². The van der Waals surface area contributed by atoms with Crippen molar-refractivity contribution in [3.8, 4) is 5.75 Å². The maximum absolute atomic E-state index is 6.29. The van der Waals surface area contributed by atoms with Crippen molar-refractivity contribution in [3.05, 3.63) is 58.4 Å². The molecule has 3 nitrogen and oxygen atoms in total. The SMILES string of the molecule is CCC(N)Cc1c(Cl)cccc1OCc1cncc(C)c1. The van der Waals surface area contributed by atoms with Gasteiger partial charge in [0.1, 0.15) is 12.4 Å². The maximum atomic E-state index is 6.29. The highest BCUT2D eigenvalue weighted by atomic mass is 35.5. The van der Waals surface area contributed by atoms with Crippen molar-refractivity contribution in [2.24, 2.45) is 5.73 Å². The molecule has 0 saturated carbocycles. The number of aryl methyl sites for hydroxylation is 1. The van der Waals surface area contributed by atoms with E-state index >= 15 is 0 Å². The van der Waals surface area contributed by atoms with Gasteiger partial charge in [-0.05, 0) is 43.5 Å². The fourth-order valence-electron chi connectivity index (χ4n) is 2.14. The average Bonchev–Trinajstić information content (AvgIpc) is 2.47. The standard InChI is InChI=1S/C17H21ClN2O/c1-3-14(19)8-15-16(18)5-4-6-17(15)21-11-13-7-12(2)9-20-10-13/h4-7,9-10,14H,3,8,11,19H2,1-2H3. The zero-order valence-electron chi connectivity index (χ0n) is 12.5. The first kappa shape index (κ1) is 15.8. The molecule has 1 aromatic heterocycles. The first-order valence-electron chi connectivity index (χ1n) is 7.16. The number of hydrogen-bond donors (Lipinski definition) is 1. The van der Waals surface area contributed by atoms with Crippen LogP contribution < -0.4 is 10.5 Å². The molecule has 2 aromatic rings. The summed E-state index contributed by atoms with van der Waals surface area (Å²) in [7, 11) is 0. The van der Waals surface area contributed by atoms with Gasteiger partial charge < -0.3 is 10.5 Å². The molecule has 0 saturated heterocycles. The zero-order valence-corrected chi connectivity index (χ0v) is 13.2. The van der Waals surface area contributed by atoms with Gasteiger partial charge in [-0.2, -0.15) is 0 Å². The fraction of sp³-hybridized carbons (Fsp3) is 0.353. The van der Waals surface area contributed by atoms with Crippen LogP contribution in [0.25, 0.3) is 0 Å². The Morgan fingerprint density at radius 1 is 1.33 bits per heavy atom. The molecule has 112 valence electrons. The molecule has 0 aliphatic carbocycles. The summed E-state index contributed by atoms with van der Waals surface area (Å²) < 4.78 is 5.92. The second kappa shape index (κ2) is 7.43. The average molecular weight is 305 g/mol. The number of pyridine rings is 1. The molecule has 0 radical (unpaired) electrons. The minimum absolute atomic E-state index is 0.0906. The summed E-state index contributed by atoms with van der Waals surface area (Å²) in [5, 5.41) is 0.707. The number of ether oxygens (including phenoxy) is 1. The van der Waals surface area contributed by atoms with Crippen LogP contribution in [0.1, 0.15) is 30.0 Å². The molecule has 1 heterocycles. The van der Waals surface area contributed by atoms with Crippen LogP contribution in [0.5, 0.6) is 5.75 Å². The van der Waals surface area contributed by atoms with Gasteiger partial charge in [-0.1, -0.05) is 24.6 Å². The molecule has 1 aromatic carbocycles. The number of hydrogen-bond acceptors (Lipinski definition) is 3. The molecule has 0 fully saturated rings. The van der Waals surface area contributed by atoms with Crippen molar-refractivity contribution < 1.29 is 4.74 Å². The Balaban J connectivity index is 2.14. The molecule has 1 unspecified atom stereocenters. The van der Waals surface area contributed by atoms with Gasteiger partial charge in [-0.25, -0.2) is 0 Å². The second-order valence-electron chi connectivity index (χ2n) is 5.25. The lowest BCUT2D eigenvalue weighted by atomic mass is 10.0. The van der Waals surface area contributed by atoms with Crippen LogP contribution in [0.15, 0.2) is 36.7 Å². The molecule has 0 aliphatic heterocycles. The Kier molecular flexibility index (Phi) is 5.59. The largest absolute Gasteiger partial charge is 0.489 e. The maximum Gasteiger partial charge on any atom is 0.124 e. The summed E-state index contributed by atoms with van der Waals surface area (Å²) in [5.74, 6) is 0.799. The minimum atomic E-state index is 0.0906. The number of halogens is 1. The molecule has 1 atom stereocenters. The van der Waals surface area contributed by atoms with Crippen molar-refractivity contribution in [3.63, 3.8) is 0 Å². The van der Waals surface area contributed by atoms with Gasteiger partial charge in [0, 0.05) is 34.6 Å². The van der Waals surface area contributed by atoms with Crippen LogP contribution in [-0.2, 0) is 13.0 Å². The van der Waals surface area contributed by atoms with Crippen molar-refractivity contribution in [2.45, 2.75) is 39.3 Å². The Hall–Kier alpha value is -1.58. The van der Waals surface area contributed by atoms with Crippen molar-refractivity contribution in [2.75, 3.05) is 0 Å². The van der Waals surface area contributed by atoms with Crippen molar-refractivity contribution in [1.29, 1.82) is 0 Å². The van der Waals surface area contributed by atoms with Crippen LogP contribution in [0.2, 0.25) is 5.02 Å². The first-order valence-corrected chi connectivity index (χ1v) is 7.54. The van der Waals surface area contributed by atoms with Gasteiger partial charge in [0.2, 0.25) is 0 Å². The topological polar surface area (TPSA) is 48.1 Å². The third-order valence-electron chi connectivity index (χ3n) is 3.39. The predicted molar refractivity (Wildman–Crippen MR) is 86.7 cm³/mol. The highest BCUT2D eigenvalue weighted by Gasteiger charge is 2.12. The second-order valence-corrected chi connectivity index (χ2v) is 5.66. The van der Waals surface area contributed by atoms with Crippen LogP contribution in [0, 0.1) is 6.92 Å². The van der Waals surface area contributed by atoms with Gasteiger partial charge in [0.15, 0.2) is 0 Å². The molecule has 2 rings (SSSR count). The van der Waals surface area contributed by atoms with Crippen LogP contribution in [0.3, 0.4) is 0 Å². The van der Waals surface area contributed by atoms with E-state index in [1.807, 2.05) is 37.5 Å². The van der Waals surface area contributed by atoms with Crippen LogP contribution >= 0.6 is 11.6 Å². The zero-order chi connectivity index (χ0) is 15.2. The van der Waals surface area contributed by atoms with E-state index in [-0.39, 0.29) is 6.04 Å². The van der Waals surface area contributed by atoms with Gasteiger partial charge in [0.05, 0.1) is 0 Å². The van der Waals surface area contributed by atoms with Gasteiger partial charge in [0.25, 0.3) is 0 Å². The molecule has 0 amide bonds. The van der Waals surface area contributed by atoms with Crippen LogP contribution in [0.4, 0.5) is 0 Å². The minimum Gasteiger partial charge on any atom is -0.489 e. The number of nitrogens with two attached hydrogens (primary N) is 1. The predicted octanol–water partition coefficient (Wildman–Crippen LogP) is 3.90. The molecule has 21 heavy (non-hydrogen) atoms.